The van der Waals surface area contributed by atoms with Gasteiger partial charge in [0.25, 0.3) is 0 Å². The fourth-order valence-electron chi connectivity index (χ4n) is 2.60. The smallest absolute Gasteiger partial charge is 0.0342 e. The van der Waals surface area contributed by atoms with Crippen LogP contribution >= 0.6 is 22.7 Å². The van der Waals surface area contributed by atoms with Crippen LogP contribution in [0.15, 0.2) is 83.6 Å². The molecule has 4 rings (SSSR count). The van der Waals surface area contributed by atoms with Crippen molar-refractivity contribution in [2.24, 2.45) is 0 Å². The molecule has 2 heterocycles. The Hall–Kier alpha value is -2.42. The van der Waals surface area contributed by atoms with Gasteiger partial charge in [0.15, 0.2) is 0 Å². The van der Waals surface area contributed by atoms with Crippen LogP contribution in [0.5, 0.6) is 0 Å². The van der Waals surface area contributed by atoms with Crippen molar-refractivity contribution in [3.8, 4) is 20.9 Å². The third kappa shape index (κ3) is 3.40. The highest BCUT2D eigenvalue weighted by Crippen LogP contribution is 2.26. The minimum atomic E-state index is 1.22. The molecule has 2 aromatic heterocycles. The quantitative estimate of drug-likeness (QED) is 0.340. The summed E-state index contributed by atoms with van der Waals surface area (Å²) in [7, 11) is 0. The Morgan fingerprint density at radius 1 is 0.500 bits per heavy atom. The summed E-state index contributed by atoms with van der Waals surface area (Å²) in [6.07, 6.45) is 4.33. The van der Waals surface area contributed by atoms with Crippen LogP contribution in [-0.4, -0.2) is 0 Å². The molecule has 24 heavy (non-hydrogen) atoms. The zero-order valence-electron chi connectivity index (χ0n) is 13.1. The maximum Gasteiger partial charge on any atom is 0.0342 e. The average molecular weight is 345 g/mol. The van der Waals surface area contributed by atoms with Crippen LogP contribution in [0.3, 0.4) is 0 Å². The van der Waals surface area contributed by atoms with Crippen LogP contribution < -0.4 is 0 Å². The van der Waals surface area contributed by atoms with E-state index in [1.165, 1.54) is 32.0 Å². The van der Waals surface area contributed by atoms with Crippen molar-refractivity contribution in [3.63, 3.8) is 0 Å². The first kappa shape index (κ1) is 15.1. The van der Waals surface area contributed by atoms with Crippen LogP contribution in [0.4, 0.5) is 0 Å². The molecule has 0 N–H and O–H groups in total. The summed E-state index contributed by atoms with van der Waals surface area (Å²) >= 11 is 3.55. The fourth-order valence-corrected chi connectivity index (χ4v) is 4.06. The van der Waals surface area contributed by atoms with Crippen LogP contribution in [0.25, 0.3) is 33.0 Å². The zero-order valence-corrected chi connectivity index (χ0v) is 14.7. The summed E-state index contributed by atoms with van der Waals surface area (Å²) in [4.78, 5) is 2.63. The van der Waals surface area contributed by atoms with Gasteiger partial charge in [-0.15, -0.1) is 22.7 Å². The summed E-state index contributed by atoms with van der Waals surface area (Å²) in [5, 5.41) is 4.23. The van der Waals surface area contributed by atoms with Crippen molar-refractivity contribution in [2.45, 2.75) is 0 Å². The highest BCUT2D eigenvalue weighted by molar-refractivity contribution is 7.13. The van der Waals surface area contributed by atoms with Crippen molar-refractivity contribution < 1.29 is 0 Å². The average Bonchev–Trinajstić information content (AvgIpc) is 3.34. The molecule has 0 saturated carbocycles. The SMILES string of the molecule is C(=C\c1ccc(-c2cccs2)cc1)/c1ccc(-c2cccs2)cc1. The van der Waals surface area contributed by atoms with Gasteiger partial charge in [0.05, 0.1) is 0 Å². The molecular formula is C22H16S2. The van der Waals surface area contributed by atoms with Crippen LogP contribution in [0, 0.1) is 0 Å². The Kier molecular flexibility index (Phi) is 4.41. The van der Waals surface area contributed by atoms with Crippen molar-refractivity contribution in [3.05, 3.63) is 94.7 Å². The molecular weight excluding hydrogens is 328 g/mol. The second-order valence-electron chi connectivity index (χ2n) is 5.53. The Morgan fingerprint density at radius 3 is 1.25 bits per heavy atom. The van der Waals surface area contributed by atoms with E-state index in [1.54, 1.807) is 22.7 Å². The van der Waals surface area contributed by atoms with Gasteiger partial charge >= 0.3 is 0 Å². The van der Waals surface area contributed by atoms with Gasteiger partial charge in [-0.3, -0.25) is 0 Å². The first-order valence-corrected chi connectivity index (χ1v) is 9.60. The molecule has 4 aromatic rings. The van der Waals surface area contributed by atoms with Gasteiger partial charge in [0, 0.05) is 9.75 Å². The summed E-state index contributed by atoms with van der Waals surface area (Å²) in [6, 6.07) is 25.9. The minimum absolute atomic E-state index is 1.22. The molecule has 0 aliphatic rings. The van der Waals surface area contributed by atoms with Crippen molar-refractivity contribution in [2.75, 3.05) is 0 Å². The zero-order chi connectivity index (χ0) is 16.2. The van der Waals surface area contributed by atoms with E-state index in [1.807, 2.05) is 0 Å². The Morgan fingerprint density at radius 2 is 0.917 bits per heavy atom. The molecule has 0 nitrogen and oxygen atoms in total. The van der Waals surface area contributed by atoms with E-state index in [0.717, 1.165) is 0 Å². The Balaban J connectivity index is 1.48. The van der Waals surface area contributed by atoms with E-state index in [0.29, 0.717) is 0 Å². The second kappa shape index (κ2) is 7.00. The van der Waals surface area contributed by atoms with Crippen LogP contribution in [-0.2, 0) is 0 Å². The molecule has 0 atom stereocenters. The number of benzene rings is 2. The van der Waals surface area contributed by atoms with E-state index in [-0.39, 0.29) is 0 Å². The topological polar surface area (TPSA) is 0 Å². The van der Waals surface area contributed by atoms with Gasteiger partial charge in [0.2, 0.25) is 0 Å². The molecule has 0 radical (unpaired) electrons. The largest absolute Gasteiger partial charge is 0.144 e. The van der Waals surface area contributed by atoms with Gasteiger partial charge in [-0.25, -0.2) is 0 Å². The third-order valence-corrected chi connectivity index (χ3v) is 5.74. The first-order chi connectivity index (χ1) is 11.9. The Labute approximate surface area is 150 Å². The molecule has 0 aliphatic carbocycles. The molecule has 2 heteroatoms. The van der Waals surface area contributed by atoms with Gasteiger partial charge in [0.1, 0.15) is 0 Å². The maximum absolute atomic E-state index is 2.19. The van der Waals surface area contributed by atoms with E-state index in [9.17, 15) is 0 Å². The number of hydrogen-bond donors (Lipinski definition) is 0. The molecule has 0 spiro atoms. The van der Waals surface area contributed by atoms with Gasteiger partial charge in [-0.2, -0.15) is 0 Å². The number of thiophene rings is 2. The van der Waals surface area contributed by atoms with E-state index in [4.69, 9.17) is 0 Å². The van der Waals surface area contributed by atoms with E-state index < -0.39 is 0 Å². The summed E-state index contributed by atoms with van der Waals surface area (Å²) in [5.74, 6) is 0. The fraction of sp³-hybridized carbons (Fsp3) is 0. The lowest BCUT2D eigenvalue weighted by Gasteiger charge is -2.00. The van der Waals surface area contributed by atoms with Crippen LogP contribution in [0.2, 0.25) is 0 Å². The van der Waals surface area contributed by atoms with Crippen molar-refractivity contribution in [1.29, 1.82) is 0 Å². The molecule has 2 aromatic carbocycles. The molecule has 0 amide bonds. The molecule has 0 fully saturated rings. The predicted molar refractivity (Wildman–Crippen MR) is 108 cm³/mol. The number of rotatable bonds is 4. The highest BCUT2D eigenvalue weighted by atomic mass is 32.1. The third-order valence-electron chi connectivity index (χ3n) is 3.90. The monoisotopic (exact) mass is 344 g/mol. The van der Waals surface area contributed by atoms with Crippen LogP contribution in [0.1, 0.15) is 11.1 Å². The lowest BCUT2D eigenvalue weighted by Crippen LogP contribution is -1.76. The van der Waals surface area contributed by atoms with E-state index >= 15 is 0 Å². The summed E-state index contributed by atoms with van der Waals surface area (Å²) < 4.78 is 0. The van der Waals surface area contributed by atoms with Crippen molar-refractivity contribution >= 4 is 34.8 Å². The molecule has 0 unspecified atom stereocenters. The lowest BCUT2D eigenvalue weighted by molar-refractivity contribution is 1.64. The molecule has 116 valence electrons. The predicted octanol–water partition coefficient (Wildman–Crippen LogP) is 7.31. The normalized spacial score (nSPS) is 11.2. The summed E-state index contributed by atoms with van der Waals surface area (Å²) in [6.45, 7) is 0. The first-order valence-electron chi connectivity index (χ1n) is 7.84. The number of hydrogen-bond acceptors (Lipinski definition) is 2. The van der Waals surface area contributed by atoms with Gasteiger partial charge in [-0.1, -0.05) is 72.8 Å². The maximum atomic E-state index is 2.19. The highest BCUT2D eigenvalue weighted by Gasteiger charge is 1.99. The molecule has 0 aliphatic heterocycles. The standard InChI is InChI=1S/C22H16S2/c1-3-21(23-15-1)19-11-7-17(8-12-19)5-6-18-9-13-20(14-10-18)22-4-2-16-24-22/h1-16H/b6-5+. The Bertz CT molecular complexity index is 831. The molecule has 0 bridgehead atoms. The second-order valence-corrected chi connectivity index (χ2v) is 7.43. The minimum Gasteiger partial charge on any atom is -0.144 e. The van der Waals surface area contributed by atoms with Gasteiger partial charge in [-0.05, 0) is 45.1 Å². The summed E-state index contributed by atoms with van der Waals surface area (Å²) in [5.41, 5.74) is 5.00. The molecule has 0 saturated heterocycles. The van der Waals surface area contributed by atoms with E-state index in [2.05, 4.69) is 95.7 Å². The van der Waals surface area contributed by atoms with Crippen molar-refractivity contribution in [1.82, 2.24) is 0 Å². The van der Waals surface area contributed by atoms with Gasteiger partial charge < -0.3 is 0 Å². The lowest BCUT2D eigenvalue weighted by atomic mass is 10.1.